The van der Waals surface area contributed by atoms with Crippen LogP contribution in [0.3, 0.4) is 0 Å². The number of Topliss-reactive ketones (excluding diaryl/α,β-unsaturated/α-hetero) is 1. The Balaban J connectivity index is 1.26. The molecule has 1 aliphatic carbocycles. The highest BCUT2D eigenvalue weighted by molar-refractivity contribution is 6.24. The molecule has 0 amide bonds. The summed E-state index contributed by atoms with van der Waals surface area (Å²) < 4.78 is 11.1. The average Bonchev–Trinajstić information content (AvgIpc) is 3.97. The maximum atomic E-state index is 14.4. The Labute approximate surface area is 365 Å². The van der Waals surface area contributed by atoms with Gasteiger partial charge in [0.1, 0.15) is 12.5 Å². The van der Waals surface area contributed by atoms with Gasteiger partial charge in [0.15, 0.2) is 5.78 Å². The van der Waals surface area contributed by atoms with Crippen LogP contribution in [0.2, 0.25) is 0 Å². The van der Waals surface area contributed by atoms with E-state index in [1.165, 1.54) is 84.8 Å². The van der Waals surface area contributed by atoms with Crippen molar-refractivity contribution in [1.29, 1.82) is 0 Å². The summed E-state index contributed by atoms with van der Waals surface area (Å²) in [6.45, 7) is 22.4. The van der Waals surface area contributed by atoms with Crippen LogP contribution in [0.1, 0.15) is 185 Å². The van der Waals surface area contributed by atoms with Gasteiger partial charge in [-0.05, 0) is 112 Å². The number of aromatic amines is 3. The van der Waals surface area contributed by atoms with E-state index in [4.69, 9.17) is 9.47 Å². The molecule has 1 saturated heterocycles. The molecule has 5 heterocycles. The monoisotopic (exact) mass is 835 g/mol. The van der Waals surface area contributed by atoms with E-state index in [-0.39, 0.29) is 36.6 Å². The fourth-order valence-corrected chi connectivity index (χ4v) is 10.7. The molecule has 2 aliphatic heterocycles. The van der Waals surface area contributed by atoms with Gasteiger partial charge in [0.25, 0.3) is 0 Å². The molecule has 0 spiro atoms. The van der Waals surface area contributed by atoms with Crippen LogP contribution in [0.25, 0.3) is 11.6 Å². The van der Waals surface area contributed by atoms with Gasteiger partial charge in [0.2, 0.25) is 0 Å². The maximum Gasteiger partial charge on any atom is 0.321 e. The normalized spacial score (nSPS) is 21.6. The van der Waals surface area contributed by atoms with Gasteiger partial charge in [-0.3, -0.25) is 14.4 Å². The third-order valence-corrected chi connectivity index (χ3v) is 14.5. The van der Waals surface area contributed by atoms with Crippen LogP contribution < -0.4 is 5.32 Å². The van der Waals surface area contributed by atoms with E-state index in [1.54, 1.807) is 0 Å². The van der Waals surface area contributed by atoms with Crippen LogP contribution >= 0.6 is 0 Å². The molecule has 3 aromatic heterocycles. The number of allylic oxidation sites excluding steroid dienone is 3. The summed E-state index contributed by atoms with van der Waals surface area (Å²) in [6.07, 6.45) is 18.0. The van der Waals surface area contributed by atoms with Crippen LogP contribution in [0.15, 0.2) is 23.0 Å². The summed E-state index contributed by atoms with van der Waals surface area (Å²) in [4.78, 5) is 52.7. The number of carbonyl (C=O) groups excluding carboxylic acids is 3. The molecule has 0 radical (unpaired) electrons. The predicted octanol–water partition coefficient (Wildman–Crippen LogP) is 11.5. The van der Waals surface area contributed by atoms with Crippen molar-refractivity contribution in [3.05, 3.63) is 90.6 Å². The molecule has 6 rings (SSSR count). The minimum Gasteiger partial charge on any atom is -0.468 e. The van der Waals surface area contributed by atoms with Gasteiger partial charge in [0.05, 0.1) is 12.8 Å². The molecule has 61 heavy (non-hydrogen) atoms. The molecule has 3 aliphatic rings. The van der Waals surface area contributed by atoms with E-state index < -0.39 is 11.9 Å². The summed E-state index contributed by atoms with van der Waals surface area (Å²) in [6, 6.07) is 0. The lowest BCUT2D eigenvalue weighted by atomic mass is 9.85. The van der Waals surface area contributed by atoms with Crippen LogP contribution in [0.5, 0.6) is 0 Å². The zero-order chi connectivity index (χ0) is 44.1. The zero-order valence-electron chi connectivity index (χ0n) is 39.2. The summed E-state index contributed by atoms with van der Waals surface area (Å²) in [5.41, 5.74) is 16.4. The average molecular weight is 835 g/mol. The standard InChI is InChI=1S/C52H74N4O5/c1-12-17-29(4)18-15-19-30(5)20-16-21-31(6)24-25-61-45(57)23-22-38-34(9)41-26-39-32(7)36(13-2)43(53-39)27-40-33(8)37(14-3)44(54-40)28-42-35(10)46-50(56-42)47(49(38)55-41)48(51(46)58)52(59)60-11/h24,26,29-30,34,38,48,53-56H,12-23,25,27-28H2,1-11H3/b31-24-,41-26-,49-47-/t29-,30-,34+,38+,48-/m1/s1. The van der Waals surface area contributed by atoms with Crippen LogP contribution in [0.4, 0.5) is 0 Å². The number of methoxy groups -OCH3 is 1. The second kappa shape index (κ2) is 20.1. The van der Waals surface area contributed by atoms with Gasteiger partial charge in [-0.15, -0.1) is 0 Å². The fourth-order valence-electron chi connectivity index (χ4n) is 10.7. The number of rotatable bonds is 18. The van der Waals surface area contributed by atoms with Crippen molar-refractivity contribution in [1.82, 2.24) is 20.3 Å². The molecule has 5 atom stereocenters. The first-order chi connectivity index (χ1) is 29.2. The first-order valence-corrected chi connectivity index (χ1v) is 23.5. The van der Waals surface area contributed by atoms with E-state index in [0.717, 1.165) is 78.0 Å². The SMILES string of the molecule is CCC[C@@H](C)CCC[C@@H](C)CCC/C(C)=C\COC(=O)CC[C@@H]1/C2=C3/c4[nH]c(c(C)c4C(=O)[C@@H]3C(=O)OC)Cc3[nH]c(c(C)c3CC)Cc3[nH]c(c(C)c3CC)/C=C(\N2)[C@H]1C. The van der Waals surface area contributed by atoms with E-state index in [9.17, 15) is 14.4 Å². The minimum atomic E-state index is -1.11. The second-order valence-corrected chi connectivity index (χ2v) is 18.7. The quantitative estimate of drug-likeness (QED) is 0.0574. The van der Waals surface area contributed by atoms with E-state index in [0.29, 0.717) is 29.7 Å². The summed E-state index contributed by atoms with van der Waals surface area (Å²) >= 11 is 0. The van der Waals surface area contributed by atoms with Crippen molar-refractivity contribution in [2.45, 2.75) is 159 Å². The Hall–Kier alpha value is -4.53. The largest absolute Gasteiger partial charge is 0.468 e. The molecule has 0 unspecified atom stereocenters. The van der Waals surface area contributed by atoms with Gasteiger partial charge in [0, 0.05) is 82.1 Å². The van der Waals surface area contributed by atoms with Gasteiger partial charge >= 0.3 is 11.9 Å². The van der Waals surface area contributed by atoms with Crippen molar-refractivity contribution in [3.8, 4) is 0 Å². The number of hydrogen-bond donors (Lipinski definition) is 4. The smallest absolute Gasteiger partial charge is 0.321 e. The lowest BCUT2D eigenvalue weighted by molar-refractivity contribution is -0.143. The van der Waals surface area contributed by atoms with Crippen molar-refractivity contribution < 1.29 is 23.9 Å². The van der Waals surface area contributed by atoms with E-state index >= 15 is 0 Å². The second-order valence-electron chi connectivity index (χ2n) is 18.7. The number of aromatic nitrogens is 3. The number of nitrogens with one attached hydrogen (secondary N) is 4. The summed E-state index contributed by atoms with van der Waals surface area (Å²) in [5, 5.41) is 3.75. The third kappa shape index (κ3) is 9.76. The lowest BCUT2D eigenvalue weighted by Gasteiger charge is -2.19. The molecule has 0 aromatic carbocycles. The predicted molar refractivity (Wildman–Crippen MR) is 246 cm³/mol. The molecule has 332 valence electrons. The topological polar surface area (TPSA) is 129 Å². The lowest BCUT2D eigenvalue weighted by Crippen LogP contribution is -2.25. The number of carbonyl (C=O) groups is 3. The third-order valence-electron chi connectivity index (χ3n) is 14.5. The van der Waals surface area contributed by atoms with Gasteiger partial charge in [-0.1, -0.05) is 85.6 Å². The van der Waals surface area contributed by atoms with Gasteiger partial charge < -0.3 is 29.7 Å². The number of fused-ring (bicyclic) bond motifs is 7. The maximum absolute atomic E-state index is 14.4. The summed E-state index contributed by atoms with van der Waals surface area (Å²) in [5.74, 6) is -0.853. The molecule has 3 aromatic rings. The highest BCUT2D eigenvalue weighted by atomic mass is 16.5. The van der Waals surface area contributed by atoms with E-state index in [1.807, 2.05) is 13.0 Å². The molecule has 9 heteroatoms. The number of H-pyrrole nitrogens is 3. The molecular weight excluding hydrogens is 761 g/mol. The van der Waals surface area contributed by atoms with Crippen molar-refractivity contribution >= 4 is 29.4 Å². The molecule has 8 bridgehead atoms. The number of hydrogen-bond acceptors (Lipinski definition) is 6. The number of ether oxygens (including phenoxy) is 2. The van der Waals surface area contributed by atoms with E-state index in [2.05, 4.69) is 88.7 Å². The van der Waals surface area contributed by atoms with Gasteiger partial charge in [-0.25, -0.2) is 0 Å². The Morgan fingerprint density at radius 2 is 1.48 bits per heavy atom. The molecule has 4 N–H and O–H groups in total. The number of ketones is 1. The van der Waals surface area contributed by atoms with Crippen LogP contribution in [0, 0.1) is 50.4 Å². The highest BCUT2D eigenvalue weighted by Gasteiger charge is 2.48. The first kappa shape index (κ1) is 46.0. The van der Waals surface area contributed by atoms with Crippen molar-refractivity contribution in [3.63, 3.8) is 0 Å². The molecular formula is C52H74N4O5. The van der Waals surface area contributed by atoms with Crippen molar-refractivity contribution in [2.24, 2.45) is 29.6 Å². The van der Waals surface area contributed by atoms with Crippen LogP contribution in [-0.4, -0.2) is 46.4 Å². The molecule has 0 saturated carbocycles. The van der Waals surface area contributed by atoms with Gasteiger partial charge in [-0.2, -0.15) is 0 Å². The Bertz CT molecular complexity index is 2190. The van der Waals surface area contributed by atoms with Crippen LogP contribution in [-0.2, 0) is 44.7 Å². The molecule has 1 fully saturated rings. The Kier molecular flexibility index (Phi) is 15.2. The molecule has 9 nitrogen and oxygen atoms in total. The highest BCUT2D eigenvalue weighted by Crippen LogP contribution is 2.48. The zero-order valence-corrected chi connectivity index (χ0v) is 39.2. The fraction of sp³-hybridized carbons (Fsp3) is 0.596. The number of esters is 2. The van der Waals surface area contributed by atoms with Crippen molar-refractivity contribution in [2.75, 3.05) is 13.7 Å². The minimum absolute atomic E-state index is 0.0423. The Morgan fingerprint density at radius 1 is 0.836 bits per heavy atom. The Morgan fingerprint density at radius 3 is 2.15 bits per heavy atom. The first-order valence-electron chi connectivity index (χ1n) is 23.5. The summed E-state index contributed by atoms with van der Waals surface area (Å²) in [7, 11) is 1.34.